The van der Waals surface area contributed by atoms with Gasteiger partial charge < -0.3 is 9.64 Å². The number of hydrogen-bond donors (Lipinski definition) is 0. The molecule has 2 fully saturated rings. The Kier molecular flexibility index (Phi) is 10.9. The van der Waals surface area contributed by atoms with Crippen LogP contribution in [-0.2, 0) is 21.8 Å². The minimum atomic E-state index is -0.544. The van der Waals surface area contributed by atoms with Gasteiger partial charge in [0.05, 0.1) is 22.9 Å². The molecule has 1 heterocycles. The molecule has 8 nitrogen and oxygen atoms in total. The van der Waals surface area contributed by atoms with Crippen LogP contribution in [0.2, 0.25) is 0 Å². The molecule has 1 aromatic carbocycles. The molecule has 0 unspecified atom stereocenters. The third-order valence-electron chi connectivity index (χ3n) is 4.62. The Morgan fingerprint density at radius 2 is 1.47 bits per heavy atom. The quantitative estimate of drug-likeness (QED) is 0.255. The summed E-state index contributed by atoms with van der Waals surface area (Å²) in [4.78, 5) is 34.1. The molecule has 0 aliphatic heterocycles. The standard InChI is InChI=1S/C20H19N4O4.C5H5.Fe/c1-4-28-19(25)16-17(13-7-5-6-8-13)21-20(23(2)3)22-18(16)14-9-11-15(12-10-14)24(26)27;1-2-4-5-3-1;/h5-12H,4H2,1-3H3;1-5H;/q;;+2. The van der Waals surface area contributed by atoms with E-state index in [1.807, 2.05) is 57.8 Å². The molecule has 9 heteroatoms. The molecule has 0 N–H and O–H groups in total. The van der Waals surface area contributed by atoms with Gasteiger partial charge in [-0.2, -0.15) is 0 Å². The summed E-state index contributed by atoms with van der Waals surface area (Å²) in [7, 11) is 3.60. The van der Waals surface area contributed by atoms with Crippen LogP contribution in [0, 0.1) is 73.8 Å². The van der Waals surface area contributed by atoms with E-state index in [1.54, 1.807) is 38.1 Å². The molecule has 2 saturated carbocycles. The molecule has 2 aliphatic carbocycles. The maximum absolute atomic E-state index is 12.8. The van der Waals surface area contributed by atoms with Crippen molar-refractivity contribution in [2.75, 3.05) is 25.6 Å². The number of hydrogen-bond acceptors (Lipinski definition) is 7. The van der Waals surface area contributed by atoms with Crippen LogP contribution in [0.4, 0.5) is 11.6 Å². The van der Waals surface area contributed by atoms with Gasteiger partial charge in [-0.15, -0.1) is 0 Å². The van der Waals surface area contributed by atoms with Crippen molar-refractivity contribution in [3.8, 4) is 11.3 Å². The first-order chi connectivity index (χ1) is 15.9. The summed E-state index contributed by atoms with van der Waals surface area (Å²) in [6.45, 7) is 1.93. The van der Waals surface area contributed by atoms with Crippen molar-refractivity contribution in [1.82, 2.24) is 9.97 Å². The molecular formula is C25H24FeN4O4+2. The van der Waals surface area contributed by atoms with Crippen molar-refractivity contribution in [1.29, 1.82) is 0 Å². The molecule has 4 rings (SSSR count). The molecule has 0 spiro atoms. The molecular weight excluding hydrogens is 476 g/mol. The van der Waals surface area contributed by atoms with Crippen molar-refractivity contribution in [2.24, 2.45) is 0 Å². The predicted molar refractivity (Wildman–Crippen MR) is 125 cm³/mol. The van der Waals surface area contributed by atoms with Crippen molar-refractivity contribution in [2.45, 2.75) is 6.92 Å². The number of nitro groups is 1. The fraction of sp³-hybridized carbons (Fsp3) is 0.160. The van der Waals surface area contributed by atoms with Gasteiger partial charge in [0.15, 0.2) is 0 Å². The van der Waals surface area contributed by atoms with Crippen LogP contribution < -0.4 is 4.90 Å². The van der Waals surface area contributed by atoms with Crippen LogP contribution in [-0.4, -0.2) is 41.6 Å². The second-order valence-electron chi connectivity index (χ2n) is 7.15. The summed E-state index contributed by atoms with van der Waals surface area (Å²) in [6.07, 6.45) is 17.4. The number of nitrogens with zero attached hydrogens (tertiary/aromatic N) is 4. The number of nitro benzene ring substituents is 1. The average molecular weight is 500 g/mol. The second-order valence-corrected chi connectivity index (χ2v) is 7.15. The number of aromatic nitrogens is 2. The Morgan fingerprint density at radius 1 is 0.941 bits per heavy atom. The molecule has 10 radical (unpaired) electrons. The number of ether oxygens (including phenoxy) is 1. The number of anilines is 1. The third-order valence-corrected chi connectivity index (χ3v) is 4.62. The number of carbonyl (C=O) groups is 1. The topological polar surface area (TPSA) is 98.5 Å². The maximum Gasteiger partial charge on any atom is 2.00 e. The molecule has 174 valence electrons. The Morgan fingerprint density at radius 3 is 1.94 bits per heavy atom. The first-order valence-electron chi connectivity index (χ1n) is 10.3. The van der Waals surface area contributed by atoms with Crippen LogP contribution >= 0.6 is 0 Å². The zero-order chi connectivity index (χ0) is 23.8. The molecule has 1 aromatic heterocycles. The molecule has 0 saturated heterocycles. The zero-order valence-corrected chi connectivity index (χ0v) is 20.1. The van der Waals surface area contributed by atoms with E-state index in [2.05, 4.69) is 9.97 Å². The van der Waals surface area contributed by atoms with E-state index in [0.29, 0.717) is 22.9 Å². The molecule has 0 bridgehead atoms. The predicted octanol–water partition coefficient (Wildman–Crippen LogP) is 4.07. The van der Waals surface area contributed by atoms with Crippen LogP contribution in [0.15, 0.2) is 24.3 Å². The molecule has 2 aromatic rings. The van der Waals surface area contributed by atoms with E-state index in [9.17, 15) is 14.9 Å². The summed E-state index contributed by atoms with van der Waals surface area (Å²) in [5, 5.41) is 11.0. The summed E-state index contributed by atoms with van der Waals surface area (Å²) in [6, 6.07) is 5.89. The Labute approximate surface area is 212 Å². The summed E-state index contributed by atoms with van der Waals surface area (Å²) < 4.78 is 5.25. The Balaban J connectivity index is 0.000000603. The number of carbonyl (C=O) groups excluding carboxylic acids is 1. The number of rotatable bonds is 6. The summed E-state index contributed by atoms with van der Waals surface area (Å²) in [5.41, 5.74) is 1.57. The van der Waals surface area contributed by atoms with Crippen molar-refractivity contribution >= 4 is 17.6 Å². The fourth-order valence-corrected chi connectivity index (χ4v) is 3.06. The van der Waals surface area contributed by atoms with Crippen LogP contribution in [0.25, 0.3) is 11.3 Å². The van der Waals surface area contributed by atoms with Crippen molar-refractivity contribution in [3.05, 3.63) is 109 Å². The van der Waals surface area contributed by atoms with E-state index in [-0.39, 0.29) is 34.9 Å². The maximum atomic E-state index is 12.8. The minimum Gasteiger partial charge on any atom is -0.462 e. The second kappa shape index (κ2) is 13.4. The van der Waals surface area contributed by atoms with Gasteiger partial charge >= 0.3 is 23.0 Å². The molecule has 0 amide bonds. The first kappa shape index (κ1) is 27.7. The fourth-order valence-electron chi connectivity index (χ4n) is 3.06. The van der Waals surface area contributed by atoms with E-state index in [4.69, 9.17) is 4.74 Å². The first-order valence-corrected chi connectivity index (χ1v) is 10.3. The van der Waals surface area contributed by atoms with Crippen LogP contribution in [0.5, 0.6) is 0 Å². The normalized spacial score (nSPS) is 15.1. The van der Waals surface area contributed by atoms with Gasteiger partial charge in [0, 0.05) is 37.7 Å². The van der Waals surface area contributed by atoms with Gasteiger partial charge in [-0.25, -0.2) is 14.8 Å². The number of esters is 1. The van der Waals surface area contributed by atoms with E-state index in [1.165, 1.54) is 12.1 Å². The van der Waals surface area contributed by atoms with Crippen LogP contribution in [0.3, 0.4) is 0 Å². The van der Waals surface area contributed by atoms with Crippen molar-refractivity contribution in [3.63, 3.8) is 0 Å². The third kappa shape index (κ3) is 7.00. The smallest absolute Gasteiger partial charge is 0.462 e. The Bertz CT molecular complexity index is 949. The summed E-state index contributed by atoms with van der Waals surface area (Å²) >= 11 is 0. The van der Waals surface area contributed by atoms with E-state index in [0.717, 1.165) is 5.92 Å². The van der Waals surface area contributed by atoms with Gasteiger partial charge in [0.1, 0.15) is 5.56 Å². The van der Waals surface area contributed by atoms with Gasteiger partial charge in [-0.05, 0) is 76.8 Å². The average Bonchev–Trinajstić information content (AvgIpc) is 3.55. The Hall–Kier alpha value is -2.51. The van der Waals surface area contributed by atoms with E-state index >= 15 is 0 Å². The largest absolute Gasteiger partial charge is 2.00 e. The van der Waals surface area contributed by atoms with Gasteiger partial charge in [-0.1, -0.05) is 0 Å². The minimum absolute atomic E-state index is 0. The van der Waals surface area contributed by atoms with E-state index < -0.39 is 10.9 Å². The van der Waals surface area contributed by atoms with Gasteiger partial charge in [0.2, 0.25) is 5.95 Å². The summed E-state index contributed by atoms with van der Waals surface area (Å²) in [5.74, 6) is 0.631. The number of benzene rings is 1. The monoisotopic (exact) mass is 500 g/mol. The van der Waals surface area contributed by atoms with Crippen molar-refractivity contribution < 1.29 is 31.5 Å². The van der Waals surface area contributed by atoms with Crippen LogP contribution in [0.1, 0.15) is 23.0 Å². The van der Waals surface area contributed by atoms with Gasteiger partial charge in [0.25, 0.3) is 5.69 Å². The SMILES string of the molecule is CCOC(=O)c1c([C]2[CH][CH][CH][CH]2)nc(N(C)C)nc1-c1ccc([N+](=O)[O-])cc1.[CH]1[CH][CH][CH][CH]1.[Fe+2]. The molecule has 34 heavy (non-hydrogen) atoms. The van der Waals surface area contributed by atoms with Gasteiger partial charge in [-0.3, -0.25) is 10.1 Å². The zero-order valence-electron chi connectivity index (χ0n) is 19.0. The molecule has 2 aliphatic rings. The number of non-ortho nitro benzene ring substituents is 1. The molecule has 0 atom stereocenters.